The van der Waals surface area contributed by atoms with E-state index in [0.717, 1.165) is 18.9 Å². The van der Waals surface area contributed by atoms with Crippen molar-refractivity contribution in [2.75, 3.05) is 13.7 Å². The highest BCUT2D eigenvalue weighted by atomic mass is 16.5. The molecule has 1 aliphatic carbocycles. The van der Waals surface area contributed by atoms with Crippen LogP contribution in [-0.2, 0) is 11.2 Å². The summed E-state index contributed by atoms with van der Waals surface area (Å²) in [6.07, 6.45) is 8.19. The van der Waals surface area contributed by atoms with Gasteiger partial charge in [0.15, 0.2) is 0 Å². The highest BCUT2D eigenvalue weighted by molar-refractivity contribution is 5.25. The van der Waals surface area contributed by atoms with Gasteiger partial charge in [-0.3, -0.25) is 0 Å². The Hall–Kier alpha value is -0.860. The molecule has 2 heteroatoms. The van der Waals surface area contributed by atoms with Crippen LogP contribution in [0.2, 0.25) is 0 Å². The van der Waals surface area contributed by atoms with Gasteiger partial charge in [0.1, 0.15) is 0 Å². The van der Waals surface area contributed by atoms with E-state index in [2.05, 4.69) is 43.4 Å². The summed E-state index contributed by atoms with van der Waals surface area (Å²) in [5, 5.41) is 3.42. The second-order valence-corrected chi connectivity index (χ2v) is 6.40. The Bertz CT molecular complexity index is 395. The Morgan fingerprint density at radius 1 is 1.14 bits per heavy atom. The van der Waals surface area contributed by atoms with Crippen LogP contribution in [0.1, 0.15) is 63.1 Å². The van der Waals surface area contributed by atoms with Gasteiger partial charge in [-0.15, -0.1) is 0 Å². The van der Waals surface area contributed by atoms with Crippen LogP contribution in [0.25, 0.3) is 0 Å². The van der Waals surface area contributed by atoms with Gasteiger partial charge in [-0.1, -0.05) is 50.5 Å². The smallest absolute Gasteiger partial charge is 0.0741 e. The topological polar surface area (TPSA) is 21.3 Å². The Balaban J connectivity index is 1.88. The molecule has 21 heavy (non-hydrogen) atoms. The van der Waals surface area contributed by atoms with E-state index < -0.39 is 0 Å². The summed E-state index contributed by atoms with van der Waals surface area (Å²) in [5.41, 5.74) is 2.72. The van der Waals surface area contributed by atoms with Gasteiger partial charge < -0.3 is 10.1 Å². The summed E-state index contributed by atoms with van der Waals surface area (Å²) in [7, 11) is 2.03. The minimum Gasteiger partial charge on any atom is -0.376 e. The maximum absolute atomic E-state index is 6.18. The van der Waals surface area contributed by atoms with Crippen molar-refractivity contribution in [2.24, 2.45) is 5.92 Å². The Morgan fingerprint density at radius 2 is 1.81 bits per heavy atom. The highest BCUT2D eigenvalue weighted by Gasteiger charge is 2.20. The second kappa shape index (κ2) is 8.55. The van der Waals surface area contributed by atoms with Crippen LogP contribution in [0.4, 0.5) is 0 Å². The van der Waals surface area contributed by atoms with Crippen LogP contribution >= 0.6 is 0 Å². The maximum atomic E-state index is 6.18. The van der Waals surface area contributed by atoms with Gasteiger partial charge >= 0.3 is 0 Å². The van der Waals surface area contributed by atoms with Crippen molar-refractivity contribution in [3.05, 3.63) is 35.4 Å². The summed E-state index contributed by atoms with van der Waals surface area (Å²) in [6, 6.07) is 9.21. The van der Waals surface area contributed by atoms with Gasteiger partial charge in [-0.25, -0.2) is 0 Å². The largest absolute Gasteiger partial charge is 0.376 e. The van der Waals surface area contributed by atoms with E-state index >= 15 is 0 Å². The van der Waals surface area contributed by atoms with Crippen LogP contribution < -0.4 is 5.32 Å². The Labute approximate surface area is 130 Å². The number of nitrogens with one attached hydrogen (secondary N) is 1. The summed E-state index contributed by atoms with van der Waals surface area (Å²) < 4.78 is 6.18. The van der Waals surface area contributed by atoms with Crippen LogP contribution in [0.5, 0.6) is 0 Å². The fourth-order valence-electron chi connectivity index (χ4n) is 3.37. The van der Waals surface area contributed by atoms with E-state index in [0.29, 0.717) is 0 Å². The average molecular weight is 289 g/mol. The lowest BCUT2D eigenvalue weighted by Crippen LogP contribution is -2.31. The van der Waals surface area contributed by atoms with E-state index in [1.54, 1.807) is 0 Å². The third kappa shape index (κ3) is 4.82. The van der Waals surface area contributed by atoms with Crippen molar-refractivity contribution >= 4 is 0 Å². The molecule has 2 rings (SSSR count). The van der Waals surface area contributed by atoms with Crippen molar-refractivity contribution in [1.82, 2.24) is 5.32 Å². The monoisotopic (exact) mass is 289 g/mol. The molecule has 1 fully saturated rings. The molecule has 1 N–H and O–H groups in total. The van der Waals surface area contributed by atoms with E-state index in [1.807, 2.05) is 7.05 Å². The molecule has 2 atom stereocenters. The number of ether oxygens (including phenoxy) is 1. The first-order valence-electron chi connectivity index (χ1n) is 8.62. The van der Waals surface area contributed by atoms with Gasteiger partial charge in [-0.05, 0) is 50.3 Å². The molecule has 0 saturated heterocycles. The van der Waals surface area contributed by atoms with Gasteiger partial charge in [0.2, 0.25) is 0 Å². The van der Waals surface area contributed by atoms with Crippen molar-refractivity contribution < 1.29 is 4.74 Å². The number of likely N-dealkylation sites (N-methyl/N-ethyl adjacent to an activating group) is 1. The average Bonchev–Trinajstić information content (AvgIpc) is 2.55. The number of aryl methyl sites for hydroxylation is 1. The van der Waals surface area contributed by atoms with Crippen LogP contribution in [0, 0.1) is 5.92 Å². The predicted octanol–water partition coefficient (Wildman–Crippen LogP) is 4.49. The van der Waals surface area contributed by atoms with E-state index in [-0.39, 0.29) is 12.1 Å². The van der Waals surface area contributed by atoms with E-state index in [9.17, 15) is 0 Å². The summed E-state index contributed by atoms with van der Waals surface area (Å²) in [5.74, 6) is 0.779. The first-order chi connectivity index (χ1) is 10.2. The van der Waals surface area contributed by atoms with Gasteiger partial charge in [0.05, 0.1) is 12.1 Å². The Morgan fingerprint density at radius 3 is 2.38 bits per heavy atom. The number of hydrogen-bond acceptors (Lipinski definition) is 2. The normalized spacial score (nSPS) is 19.4. The fourth-order valence-corrected chi connectivity index (χ4v) is 3.37. The molecule has 0 aromatic heterocycles. The molecule has 0 heterocycles. The molecule has 0 radical (unpaired) electrons. The standard InChI is InChI=1S/C19H31NO/c1-4-16-10-12-18(13-11-16)19(20-3)15(2)21-14-17-8-6-5-7-9-17/h10-13,15,17,19-20H,4-9,14H2,1-3H3. The lowest BCUT2D eigenvalue weighted by molar-refractivity contribution is 0.0109. The molecule has 1 aromatic carbocycles. The van der Waals surface area contributed by atoms with Gasteiger partial charge in [-0.2, -0.15) is 0 Å². The molecular weight excluding hydrogens is 258 g/mol. The molecular formula is C19H31NO. The lowest BCUT2D eigenvalue weighted by Gasteiger charge is -2.28. The molecule has 2 unspecified atom stereocenters. The highest BCUT2D eigenvalue weighted by Crippen LogP contribution is 2.26. The number of rotatable bonds is 7. The van der Waals surface area contributed by atoms with Crippen LogP contribution in [0.15, 0.2) is 24.3 Å². The van der Waals surface area contributed by atoms with Gasteiger partial charge in [0.25, 0.3) is 0 Å². The second-order valence-electron chi connectivity index (χ2n) is 6.40. The van der Waals surface area contributed by atoms with Crippen molar-refractivity contribution in [3.8, 4) is 0 Å². The third-order valence-electron chi connectivity index (χ3n) is 4.85. The van der Waals surface area contributed by atoms with Gasteiger partial charge in [0, 0.05) is 6.61 Å². The zero-order valence-corrected chi connectivity index (χ0v) is 13.9. The Kier molecular flexibility index (Phi) is 6.72. The van der Waals surface area contributed by atoms with E-state index in [4.69, 9.17) is 4.74 Å². The number of hydrogen-bond donors (Lipinski definition) is 1. The maximum Gasteiger partial charge on any atom is 0.0741 e. The van der Waals surface area contributed by atoms with Crippen LogP contribution in [0.3, 0.4) is 0 Å². The minimum absolute atomic E-state index is 0.212. The molecule has 0 amide bonds. The van der Waals surface area contributed by atoms with Crippen LogP contribution in [-0.4, -0.2) is 19.8 Å². The molecule has 1 saturated carbocycles. The quantitative estimate of drug-likeness (QED) is 0.798. The number of benzene rings is 1. The van der Waals surface area contributed by atoms with Crippen molar-refractivity contribution in [3.63, 3.8) is 0 Å². The molecule has 0 aliphatic heterocycles. The molecule has 1 aromatic rings. The molecule has 118 valence electrons. The molecule has 0 spiro atoms. The first kappa shape index (κ1) is 16.5. The van der Waals surface area contributed by atoms with Crippen molar-refractivity contribution in [2.45, 2.75) is 64.5 Å². The van der Waals surface area contributed by atoms with E-state index in [1.165, 1.54) is 43.2 Å². The SMILES string of the molecule is CCc1ccc(C(NC)C(C)OCC2CCCCC2)cc1. The zero-order chi connectivity index (χ0) is 15.1. The predicted molar refractivity (Wildman–Crippen MR) is 89.6 cm³/mol. The minimum atomic E-state index is 0.212. The zero-order valence-electron chi connectivity index (χ0n) is 13.9. The fraction of sp³-hybridized carbons (Fsp3) is 0.684. The lowest BCUT2D eigenvalue weighted by atomic mass is 9.90. The third-order valence-corrected chi connectivity index (χ3v) is 4.85. The first-order valence-corrected chi connectivity index (χ1v) is 8.62. The van der Waals surface area contributed by atoms with Crippen molar-refractivity contribution in [1.29, 1.82) is 0 Å². The summed E-state index contributed by atoms with van der Waals surface area (Å²) in [4.78, 5) is 0. The molecule has 1 aliphatic rings. The summed E-state index contributed by atoms with van der Waals surface area (Å²) >= 11 is 0. The summed E-state index contributed by atoms with van der Waals surface area (Å²) in [6.45, 7) is 5.31. The molecule has 2 nitrogen and oxygen atoms in total. The molecule has 0 bridgehead atoms.